The molecule has 0 N–H and O–H groups in total. The fourth-order valence-electron chi connectivity index (χ4n) is 1.74. The Hall–Kier alpha value is -2.39. The second-order valence-corrected chi connectivity index (χ2v) is 6.02. The van der Waals surface area contributed by atoms with E-state index in [0.717, 1.165) is 16.4 Å². The first-order chi connectivity index (χ1) is 9.46. The van der Waals surface area contributed by atoms with Gasteiger partial charge in [0.25, 0.3) is 10.0 Å². The van der Waals surface area contributed by atoms with Crippen LogP contribution in [0.3, 0.4) is 0 Å². The van der Waals surface area contributed by atoms with Gasteiger partial charge < -0.3 is 0 Å². The molecule has 0 spiro atoms. The van der Waals surface area contributed by atoms with Crippen molar-refractivity contribution in [3.05, 3.63) is 59.9 Å². The Bertz CT molecular complexity index is 765. The Morgan fingerprint density at radius 2 is 1.70 bits per heavy atom. The summed E-state index contributed by atoms with van der Waals surface area (Å²) in [6.07, 6.45) is 0. The highest BCUT2D eigenvalue weighted by atomic mass is 32.2. The zero-order chi connectivity index (χ0) is 14.8. The fourth-order valence-corrected chi connectivity index (χ4v) is 2.95. The lowest BCUT2D eigenvalue weighted by atomic mass is 10.2. The first-order valence-electron chi connectivity index (χ1n) is 5.70. The quantitative estimate of drug-likeness (QED) is 0.872. The predicted octanol–water partition coefficient (Wildman–Crippen LogP) is 2.52. The highest BCUT2D eigenvalue weighted by Crippen LogP contribution is 2.25. The number of benzene rings is 2. The molecule has 2 rings (SSSR count). The molecule has 0 bridgehead atoms. The zero-order valence-electron chi connectivity index (χ0n) is 10.6. The molecule has 0 saturated heterocycles. The molecule has 0 aliphatic carbocycles. The minimum atomic E-state index is -3.83. The third-order valence-electron chi connectivity index (χ3n) is 2.84. The van der Waals surface area contributed by atoms with E-state index in [1.807, 2.05) is 6.07 Å². The molecule has 6 heteroatoms. The van der Waals surface area contributed by atoms with Crippen LogP contribution in [-0.4, -0.2) is 15.5 Å². The van der Waals surface area contributed by atoms with Crippen LogP contribution in [0.5, 0.6) is 0 Å². The summed E-state index contributed by atoms with van der Waals surface area (Å²) >= 11 is 0. The SMILES string of the molecule is CN(c1ccccc1C#N)S(=O)(=O)c1ccc(F)cc1. The van der Waals surface area contributed by atoms with Gasteiger partial charge >= 0.3 is 0 Å². The second-order valence-electron chi connectivity index (χ2n) is 4.06. The van der Waals surface area contributed by atoms with Gasteiger partial charge in [0, 0.05) is 7.05 Å². The third-order valence-corrected chi connectivity index (χ3v) is 4.62. The number of halogens is 1. The van der Waals surface area contributed by atoms with E-state index in [4.69, 9.17) is 5.26 Å². The van der Waals surface area contributed by atoms with Crippen LogP contribution in [0, 0.1) is 17.1 Å². The molecular formula is C14H11FN2O2S. The van der Waals surface area contributed by atoms with Crippen molar-refractivity contribution in [2.24, 2.45) is 0 Å². The van der Waals surface area contributed by atoms with Crippen LogP contribution >= 0.6 is 0 Å². The lowest BCUT2D eigenvalue weighted by Crippen LogP contribution is -2.27. The van der Waals surface area contributed by atoms with Crippen LogP contribution in [-0.2, 0) is 10.0 Å². The van der Waals surface area contributed by atoms with Crippen LogP contribution in [0.15, 0.2) is 53.4 Å². The maximum absolute atomic E-state index is 12.9. The van der Waals surface area contributed by atoms with Crippen LogP contribution < -0.4 is 4.31 Å². The van der Waals surface area contributed by atoms with E-state index >= 15 is 0 Å². The molecule has 0 fully saturated rings. The maximum atomic E-state index is 12.9. The summed E-state index contributed by atoms with van der Waals surface area (Å²) in [6.45, 7) is 0. The number of nitrogens with zero attached hydrogens (tertiary/aromatic N) is 2. The van der Waals surface area contributed by atoms with E-state index < -0.39 is 15.8 Å². The first kappa shape index (κ1) is 14.0. The Balaban J connectivity index is 2.49. The van der Waals surface area contributed by atoms with Crippen LogP contribution in [0.1, 0.15) is 5.56 Å². The Morgan fingerprint density at radius 3 is 2.30 bits per heavy atom. The van der Waals surface area contributed by atoms with E-state index in [2.05, 4.69) is 0 Å². The van der Waals surface area contributed by atoms with Gasteiger partial charge in [0.1, 0.15) is 11.9 Å². The summed E-state index contributed by atoms with van der Waals surface area (Å²) < 4.78 is 38.7. The molecule has 2 aromatic rings. The number of hydrogen-bond acceptors (Lipinski definition) is 3. The summed E-state index contributed by atoms with van der Waals surface area (Å²) in [5.74, 6) is -0.510. The maximum Gasteiger partial charge on any atom is 0.264 e. The normalized spacial score (nSPS) is 10.8. The summed E-state index contributed by atoms with van der Waals surface area (Å²) in [5, 5.41) is 9.02. The molecule has 0 radical (unpaired) electrons. The fraction of sp³-hybridized carbons (Fsp3) is 0.0714. The largest absolute Gasteiger partial charge is 0.268 e. The number of anilines is 1. The summed E-state index contributed by atoms with van der Waals surface area (Å²) in [5.41, 5.74) is 0.528. The van der Waals surface area contributed by atoms with Gasteiger partial charge in [0.05, 0.1) is 16.1 Å². The van der Waals surface area contributed by atoms with Crippen molar-refractivity contribution in [3.63, 3.8) is 0 Å². The van der Waals surface area contributed by atoms with Crippen molar-refractivity contribution in [1.29, 1.82) is 5.26 Å². The number of para-hydroxylation sites is 1. The van der Waals surface area contributed by atoms with Crippen molar-refractivity contribution in [2.45, 2.75) is 4.90 Å². The monoisotopic (exact) mass is 290 g/mol. The Kier molecular flexibility index (Phi) is 3.72. The van der Waals surface area contributed by atoms with Gasteiger partial charge in [-0.15, -0.1) is 0 Å². The van der Waals surface area contributed by atoms with Crippen molar-refractivity contribution < 1.29 is 12.8 Å². The molecule has 0 unspecified atom stereocenters. The van der Waals surface area contributed by atoms with Gasteiger partial charge in [-0.1, -0.05) is 12.1 Å². The molecule has 0 saturated carbocycles. The van der Waals surface area contributed by atoms with Gasteiger partial charge in [-0.05, 0) is 36.4 Å². The predicted molar refractivity (Wildman–Crippen MR) is 73.1 cm³/mol. The standard InChI is InChI=1S/C14H11FN2O2S/c1-17(14-5-3-2-4-11(14)10-16)20(18,19)13-8-6-12(15)7-9-13/h2-9H,1H3. The minimum Gasteiger partial charge on any atom is -0.268 e. The molecule has 4 nitrogen and oxygen atoms in total. The van der Waals surface area contributed by atoms with Crippen LogP contribution in [0.4, 0.5) is 10.1 Å². The first-order valence-corrected chi connectivity index (χ1v) is 7.14. The minimum absolute atomic E-state index is 0.0332. The van der Waals surface area contributed by atoms with Crippen LogP contribution in [0.25, 0.3) is 0 Å². The Morgan fingerprint density at radius 1 is 1.10 bits per heavy atom. The lowest BCUT2D eigenvalue weighted by Gasteiger charge is -2.20. The molecule has 0 heterocycles. The van der Waals surface area contributed by atoms with Gasteiger partial charge in [0.15, 0.2) is 0 Å². The molecule has 0 atom stereocenters. The molecule has 0 aromatic heterocycles. The van der Waals surface area contributed by atoms with Crippen molar-refractivity contribution in [2.75, 3.05) is 11.4 Å². The molecule has 102 valence electrons. The third kappa shape index (κ3) is 2.49. The molecule has 0 amide bonds. The number of hydrogen-bond donors (Lipinski definition) is 0. The zero-order valence-corrected chi connectivity index (χ0v) is 11.4. The van der Waals surface area contributed by atoms with E-state index in [1.165, 1.54) is 25.2 Å². The van der Waals surface area contributed by atoms with E-state index in [9.17, 15) is 12.8 Å². The molecule has 20 heavy (non-hydrogen) atoms. The van der Waals surface area contributed by atoms with Gasteiger partial charge in [-0.25, -0.2) is 12.8 Å². The molecule has 2 aromatic carbocycles. The Labute approximate surface area is 116 Å². The van der Waals surface area contributed by atoms with Gasteiger partial charge in [0.2, 0.25) is 0 Å². The summed E-state index contributed by atoms with van der Waals surface area (Å²) in [7, 11) is -2.47. The summed E-state index contributed by atoms with van der Waals surface area (Å²) in [4.78, 5) is -0.0332. The smallest absolute Gasteiger partial charge is 0.264 e. The van der Waals surface area contributed by atoms with Crippen molar-refractivity contribution >= 4 is 15.7 Å². The highest BCUT2D eigenvalue weighted by Gasteiger charge is 2.23. The van der Waals surface area contributed by atoms with Gasteiger partial charge in [-0.3, -0.25) is 4.31 Å². The molecular weight excluding hydrogens is 279 g/mol. The highest BCUT2D eigenvalue weighted by molar-refractivity contribution is 7.92. The average Bonchev–Trinajstić information content (AvgIpc) is 2.46. The van der Waals surface area contributed by atoms with Crippen molar-refractivity contribution in [3.8, 4) is 6.07 Å². The van der Waals surface area contributed by atoms with E-state index in [-0.39, 0.29) is 16.1 Å². The number of nitriles is 1. The van der Waals surface area contributed by atoms with Gasteiger partial charge in [-0.2, -0.15) is 5.26 Å². The van der Waals surface area contributed by atoms with E-state index in [1.54, 1.807) is 18.2 Å². The topological polar surface area (TPSA) is 61.2 Å². The molecule has 0 aliphatic rings. The number of sulfonamides is 1. The molecule has 0 aliphatic heterocycles. The van der Waals surface area contributed by atoms with Crippen LogP contribution in [0.2, 0.25) is 0 Å². The second kappa shape index (κ2) is 5.31. The van der Waals surface area contributed by atoms with E-state index in [0.29, 0.717) is 0 Å². The number of rotatable bonds is 3. The van der Waals surface area contributed by atoms with Crippen molar-refractivity contribution in [1.82, 2.24) is 0 Å². The lowest BCUT2D eigenvalue weighted by molar-refractivity contribution is 0.593. The summed E-state index contributed by atoms with van der Waals surface area (Å²) in [6, 6.07) is 12.9. The average molecular weight is 290 g/mol.